The standard InChI is InChI=1S/C12H12N2OS/c1-2-13-12-14-11-8-5-3-4-6-9(8)15-7-10(11)16-12/h3-6H,2,7H2,1H3,(H,13,14). The van der Waals surface area contributed by atoms with Crippen LogP contribution in [0.15, 0.2) is 24.3 Å². The number of benzene rings is 1. The monoisotopic (exact) mass is 232 g/mol. The highest BCUT2D eigenvalue weighted by atomic mass is 32.1. The van der Waals surface area contributed by atoms with Gasteiger partial charge < -0.3 is 10.1 Å². The molecule has 1 aliphatic heterocycles. The van der Waals surface area contributed by atoms with Crippen molar-refractivity contribution < 1.29 is 4.74 Å². The van der Waals surface area contributed by atoms with Gasteiger partial charge in [-0.2, -0.15) is 0 Å². The number of ether oxygens (including phenoxy) is 1. The van der Waals surface area contributed by atoms with E-state index in [1.165, 1.54) is 4.88 Å². The van der Waals surface area contributed by atoms with E-state index in [0.29, 0.717) is 6.61 Å². The minimum absolute atomic E-state index is 0.634. The summed E-state index contributed by atoms with van der Waals surface area (Å²) < 4.78 is 5.68. The van der Waals surface area contributed by atoms with Crippen LogP contribution in [0.5, 0.6) is 5.75 Å². The highest BCUT2D eigenvalue weighted by Crippen LogP contribution is 2.40. The Balaban J connectivity index is 2.09. The number of rotatable bonds is 2. The number of para-hydroxylation sites is 1. The maximum atomic E-state index is 5.68. The molecular weight excluding hydrogens is 220 g/mol. The lowest BCUT2D eigenvalue weighted by Gasteiger charge is -2.15. The molecule has 1 N–H and O–H groups in total. The predicted molar refractivity (Wildman–Crippen MR) is 66.0 cm³/mol. The Labute approximate surface area is 98.1 Å². The fourth-order valence-electron chi connectivity index (χ4n) is 1.82. The first-order valence-electron chi connectivity index (χ1n) is 5.34. The van der Waals surface area contributed by atoms with Crippen LogP contribution in [-0.4, -0.2) is 11.5 Å². The van der Waals surface area contributed by atoms with Crippen LogP contribution < -0.4 is 10.1 Å². The summed E-state index contributed by atoms with van der Waals surface area (Å²) in [7, 11) is 0. The third-order valence-corrected chi connectivity index (χ3v) is 3.51. The molecule has 1 aromatic heterocycles. The van der Waals surface area contributed by atoms with Crippen LogP contribution in [0.1, 0.15) is 11.8 Å². The van der Waals surface area contributed by atoms with Crippen molar-refractivity contribution in [3.8, 4) is 17.0 Å². The lowest BCUT2D eigenvalue weighted by molar-refractivity contribution is 0.305. The molecule has 1 aromatic carbocycles. The van der Waals surface area contributed by atoms with Crippen molar-refractivity contribution in [2.75, 3.05) is 11.9 Å². The van der Waals surface area contributed by atoms with Gasteiger partial charge in [0.05, 0.1) is 10.6 Å². The molecule has 2 aromatic rings. The fraction of sp³-hybridized carbons (Fsp3) is 0.250. The van der Waals surface area contributed by atoms with E-state index in [2.05, 4.69) is 23.3 Å². The molecule has 1 aliphatic rings. The number of nitrogens with one attached hydrogen (secondary N) is 1. The third-order valence-electron chi connectivity index (χ3n) is 2.53. The molecule has 0 saturated heterocycles. The van der Waals surface area contributed by atoms with Gasteiger partial charge in [-0.25, -0.2) is 4.98 Å². The zero-order chi connectivity index (χ0) is 11.0. The van der Waals surface area contributed by atoms with Crippen molar-refractivity contribution in [1.29, 1.82) is 0 Å². The zero-order valence-corrected chi connectivity index (χ0v) is 9.80. The molecule has 0 fully saturated rings. The van der Waals surface area contributed by atoms with Crippen LogP contribution in [0.25, 0.3) is 11.3 Å². The summed E-state index contributed by atoms with van der Waals surface area (Å²) in [5.74, 6) is 0.934. The minimum atomic E-state index is 0.634. The number of thiazole rings is 1. The fourth-order valence-corrected chi connectivity index (χ4v) is 2.78. The Morgan fingerprint density at radius 3 is 3.19 bits per heavy atom. The van der Waals surface area contributed by atoms with Crippen LogP contribution in [0.4, 0.5) is 5.13 Å². The molecule has 0 saturated carbocycles. The third kappa shape index (κ3) is 1.46. The summed E-state index contributed by atoms with van der Waals surface area (Å²) in [6.07, 6.45) is 0. The average Bonchev–Trinajstić information content (AvgIpc) is 2.72. The van der Waals surface area contributed by atoms with Gasteiger partial charge in [-0.3, -0.25) is 0 Å². The van der Waals surface area contributed by atoms with Crippen LogP contribution >= 0.6 is 11.3 Å². The van der Waals surface area contributed by atoms with Gasteiger partial charge >= 0.3 is 0 Å². The van der Waals surface area contributed by atoms with Gasteiger partial charge in [0.1, 0.15) is 12.4 Å². The molecule has 0 radical (unpaired) electrons. The quantitative estimate of drug-likeness (QED) is 0.863. The molecule has 0 amide bonds. The number of hydrogen-bond acceptors (Lipinski definition) is 4. The van der Waals surface area contributed by atoms with Crippen molar-refractivity contribution in [3.05, 3.63) is 29.1 Å². The lowest BCUT2D eigenvalue weighted by Crippen LogP contribution is -2.02. The Kier molecular flexibility index (Phi) is 2.29. The summed E-state index contributed by atoms with van der Waals surface area (Å²) in [5.41, 5.74) is 2.17. The largest absolute Gasteiger partial charge is 0.487 e. The average molecular weight is 232 g/mol. The van der Waals surface area contributed by atoms with E-state index in [0.717, 1.165) is 28.7 Å². The first kappa shape index (κ1) is 9.66. The molecule has 0 spiro atoms. The number of hydrogen-bond donors (Lipinski definition) is 1. The second-order valence-electron chi connectivity index (χ2n) is 3.61. The van der Waals surface area contributed by atoms with Crippen molar-refractivity contribution in [2.24, 2.45) is 0 Å². The molecule has 2 heterocycles. The summed E-state index contributed by atoms with van der Waals surface area (Å²) in [4.78, 5) is 5.81. The van der Waals surface area contributed by atoms with Crippen molar-refractivity contribution in [3.63, 3.8) is 0 Å². The molecule has 0 unspecified atom stereocenters. The predicted octanol–water partition coefficient (Wildman–Crippen LogP) is 3.13. The minimum Gasteiger partial charge on any atom is -0.487 e. The highest BCUT2D eigenvalue weighted by molar-refractivity contribution is 7.16. The molecule has 3 nitrogen and oxygen atoms in total. The summed E-state index contributed by atoms with van der Waals surface area (Å²) >= 11 is 1.68. The SMILES string of the molecule is CCNc1nc2c(s1)COc1ccccc1-2. The highest BCUT2D eigenvalue weighted by Gasteiger charge is 2.21. The first-order chi connectivity index (χ1) is 7.88. The molecule has 16 heavy (non-hydrogen) atoms. The molecule has 0 atom stereocenters. The summed E-state index contributed by atoms with van der Waals surface area (Å²) in [5, 5.41) is 4.23. The molecular formula is C12H12N2OS. The number of anilines is 1. The number of aromatic nitrogens is 1. The van der Waals surface area contributed by atoms with Crippen LogP contribution in [0.3, 0.4) is 0 Å². The maximum Gasteiger partial charge on any atom is 0.183 e. The van der Waals surface area contributed by atoms with Crippen LogP contribution in [0.2, 0.25) is 0 Å². The molecule has 0 bridgehead atoms. The topological polar surface area (TPSA) is 34.2 Å². The van der Waals surface area contributed by atoms with Gasteiger partial charge in [0.15, 0.2) is 5.13 Å². The molecule has 3 rings (SSSR count). The first-order valence-corrected chi connectivity index (χ1v) is 6.16. The van der Waals surface area contributed by atoms with Crippen molar-refractivity contribution in [1.82, 2.24) is 4.98 Å². The van der Waals surface area contributed by atoms with Gasteiger partial charge in [0.25, 0.3) is 0 Å². The van der Waals surface area contributed by atoms with E-state index in [4.69, 9.17) is 4.74 Å². The van der Waals surface area contributed by atoms with E-state index in [1.54, 1.807) is 11.3 Å². The van der Waals surface area contributed by atoms with E-state index in [9.17, 15) is 0 Å². The molecule has 4 heteroatoms. The maximum absolute atomic E-state index is 5.68. The van der Waals surface area contributed by atoms with Crippen molar-refractivity contribution >= 4 is 16.5 Å². The molecule has 0 aliphatic carbocycles. The molecule has 82 valence electrons. The second kappa shape index (κ2) is 3.79. The van der Waals surface area contributed by atoms with Gasteiger partial charge in [-0.05, 0) is 19.1 Å². The number of fused-ring (bicyclic) bond motifs is 3. The van der Waals surface area contributed by atoms with Gasteiger partial charge in [0.2, 0.25) is 0 Å². The normalized spacial score (nSPS) is 12.6. The Hall–Kier alpha value is -1.55. The Bertz CT molecular complexity index is 521. The zero-order valence-electron chi connectivity index (χ0n) is 8.99. The van der Waals surface area contributed by atoms with Gasteiger partial charge in [-0.1, -0.05) is 23.5 Å². The lowest BCUT2D eigenvalue weighted by atomic mass is 10.1. The van der Waals surface area contributed by atoms with E-state index in [1.807, 2.05) is 18.2 Å². The van der Waals surface area contributed by atoms with Crippen LogP contribution in [0, 0.1) is 0 Å². The van der Waals surface area contributed by atoms with Crippen molar-refractivity contribution in [2.45, 2.75) is 13.5 Å². The Morgan fingerprint density at radius 1 is 1.44 bits per heavy atom. The number of nitrogens with zero attached hydrogens (tertiary/aromatic N) is 1. The van der Waals surface area contributed by atoms with E-state index in [-0.39, 0.29) is 0 Å². The van der Waals surface area contributed by atoms with Gasteiger partial charge in [0, 0.05) is 12.1 Å². The summed E-state index contributed by atoms with van der Waals surface area (Å²) in [6, 6.07) is 8.05. The van der Waals surface area contributed by atoms with Gasteiger partial charge in [-0.15, -0.1) is 0 Å². The van der Waals surface area contributed by atoms with E-state index >= 15 is 0 Å². The second-order valence-corrected chi connectivity index (χ2v) is 4.69. The smallest absolute Gasteiger partial charge is 0.183 e. The van der Waals surface area contributed by atoms with Crippen LogP contribution in [-0.2, 0) is 6.61 Å². The van der Waals surface area contributed by atoms with E-state index < -0.39 is 0 Å². The summed E-state index contributed by atoms with van der Waals surface area (Å²) in [6.45, 7) is 3.61. The Morgan fingerprint density at radius 2 is 2.31 bits per heavy atom.